The highest BCUT2D eigenvalue weighted by molar-refractivity contribution is 5.73. The van der Waals surface area contributed by atoms with Crippen molar-refractivity contribution in [3.05, 3.63) is 22.8 Å². The molecule has 0 saturated carbocycles. The molecule has 5 nitrogen and oxygen atoms in total. The lowest BCUT2D eigenvalue weighted by Gasteiger charge is -2.42. The molecule has 0 aliphatic heterocycles. The van der Waals surface area contributed by atoms with Gasteiger partial charge in [0, 0.05) is 28.1 Å². The van der Waals surface area contributed by atoms with Gasteiger partial charge in [-0.1, -0.05) is 0 Å². The van der Waals surface area contributed by atoms with Gasteiger partial charge in [-0.25, -0.2) is 0 Å². The van der Waals surface area contributed by atoms with Crippen molar-refractivity contribution in [1.82, 2.24) is 0 Å². The van der Waals surface area contributed by atoms with E-state index in [-0.39, 0.29) is 0 Å². The van der Waals surface area contributed by atoms with Crippen molar-refractivity contribution in [1.29, 1.82) is 0 Å². The molecule has 1 rings (SSSR count). The molecule has 23 heteroatoms. The van der Waals surface area contributed by atoms with Crippen LogP contribution in [0.5, 0.6) is 0 Å². The van der Waals surface area contributed by atoms with Crippen molar-refractivity contribution in [2.45, 2.75) is 53.9 Å². The number of aliphatic hydroxyl groups is 3. The van der Waals surface area contributed by atoms with Gasteiger partial charge in [0.25, 0.3) is 16.8 Å². The van der Waals surface area contributed by atoms with Crippen LogP contribution in [0.4, 0.5) is 90.4 Å². The Kier molecular flexibility index (Phi) is 7.46. The van der Waals surface area contributed by atoms with Crippen LogP contribution in [0.2, 0.25) is 0 Å². The van der Waals surface area contributed by atoms with Gasteiger partial charge < -0.3 is 26.8 Å². The largest absolute Gasteiger partial charge is 0.430 e. The number of hydrogen-bond acceptors (Lipinski definition) is 5. The van der Waals surface area contributed by atoms with Crippen molar-refractivity contribution < 1.29 is 94.3 Å². The molecule has 222 valence electrons. The first-order valence-corrected chi connectivity index (χ1v) is 8.48. The van der Waals surface area contributed by atoms with Crippen LogP contribution in [0, 0.1) is 0 Å². The van der Waals surface area contributed by atoms with Crippen LogP contribution < -0.4 is 11.5 Å². The van der Waals surface area contributed by atoms with Gasteiger partial charge in [0.1, 0.15) is 0 Å². The highest BCUT2D eigenvalue weighted by Crippen LogP contribution is 2.62. The number of nitrogen functional groups attached to an aromatic ring is 2. The third-order valence-corrected chi connectivity index (χ3v) is 4.97. The zero-order valence-electron chi connectivity index (χ0n) is 16.9. The molecule has 38 heavy (non-hydrogen) atoms. The standard InChI is InChI=1S/C15H8F18N2O3/c16-10(17,18)7(36,11(19,20)21)2-1-3(34)4(8(37,12(22,23)24)13(25,26)27)5(6(2)35)9(38,14(28,29)30)15(31,32)33/h1,36-38H,34-35H2. The van der Waals surface area contributed by atoms with Gasteiger partial charge >= 0.3 is 37.1 Å². The lowest BCUT2D eigenvalue weighted by molar-refractivity contribution is -0.387. The van der Waals surface area contributed by atoms with Crippen LogP contribution in [0.1, 0.15) is 16.7 Å². The third-order valence-electron chi connectivity index (χ3n) is 4.97. The van der Waals surface area contributed by atoms with E-state index in [0.29, 0.717) is 0 Å². The molecule has 0 amide bonds. The molecular formula is C15H8F18N2O3. The first kappa shape index (κ1) is 33.5. The van der Waals surface area contributed by atoms with E-state index >= 15 is 0 Å². The van der Waals surface area contributed by atoms with Gasteiger partial charge in [0.15, 0.2) is 0 Å². The van der Waals surface area contributed by atoms with E-state index in [0.717, 1.165) is 0 Å². The predicted molar refractivity (Wildman–Crippen MR) is 83.3 cm³/mol. The van der Waals surface area contributed by atoms with Gasteiger partial charge in [-0.05, 0) is 6.07 Å². The van der Waals surface area contributed by atoms with E-state index in [1.807, 2.05) is 0 Å². The highest BCUT2D eigenvalue weighted by atomic mass is 19.4. The zero-order valence-corrected chi connectivity index (χ0v) is 16.9. The fourth-order valence-corrected chi connectivity index (χ4v) is 3.14. The van der Waals surface area contributed by atoms with Crippen LogP contribution in [0.25, 0.3) is 0 Å². The summed E-state index contributed by atoms with van der Waals surface area (Å²) < 4.78 is 240. The molecule has 0 aromatic heterocycles. The van der Waals surface area contributed by atoms with Gasteiger partial charge in [-0.3, -0.25) is 0 Å². The third kappa shape index (κ3) is 4.40. The molecule has 0 spiro atoms. The molecule has 0 bridgehead atoms. The van der Waals surface area contributed by atoms with Gasteiger partial charge in [-0.2, -0.15) is 79.0 Å². The summed E-state index contributed by atoms with van der Waals surface area (Å²) in [5, 5.41) is 28.2. The fraction of sp³-hybridized carbons (Fsp3) is 0.600. The van der Waals surface area contributed by atoms with Crippen molar-refractivity contribution in [3.8, 4) is 0 Å². The average Bonchev–Trinajstić information content (AvgIpc) is 2.61. The Morgan fingerprint density at radius 1 is 0.421 bits per heavy atom. The molecule has 0 heterocycles. The van der Waals surface area contributed by atoms with Crippen LogP contribution >= 0.6 is 0 Å². The van der Waals surface area contributed by atoms with Crippen LogP contribution in [0.15, 0.2) is 6.07 Å². The van der Waals surface area contributed by atoms with Crippen LogP contribution in [-0.4, -0.2) is 52.4 Å². The minimum Gasteiger partial charge on any atom is -0.398 e. The summed E-state index contributed by atoms with van der Waals surface area (Å²) >= 11 is 0. The lowest BCUT2D eigenvalue weighted by Crippen LogP contribution is -2.60. The number of halogens is 18. The molecule has 0 atom stereocenters. The molecule has 0 aliphatic rings. The summed E-state index contributed by atoms with van der Waals surface area (Å²) in [6, 6.07) is -1.43. The Morgan fingerprint density at radius 2 is 0.658 bits per heavy atom. The van der Waals surface area contributed by atoms with E-state index in [1.54, 1.807) is 0 Å². The van der Waals surface area contributed by atoms with Crippen LogP contribution in [0.3, 0.4) is 0 Å². The van der Waals surface area contributed by atoms with Crippen molar-refractivity contribution in [3.63, 3.8) is 0 Å². The number of nitrogens with two attached hydrogens (primary N) is 2. The van der Waals surface area contributed by atoms with E-state index in [2.05, 4.69) is 11.5 Å². The van der Waals surface area contributed by atoms with Gasteiger partial charge in [0.2, 0.25) is 0 Å². The second-order valence-corrected chi connectivity index (χ2v) is 7.29. The Bertz CT molecular complexity index is 1020. The summed E-state index contributed by atoms with van der Waals surface area (Å²) in [5.74, 6) is 0. The Morgan fingerprint density at radius 3 is 0.895 bits per heavy atom. The maximum atomic E-state index is 13.4. The summed E-state index contributed by atoms with van der Waals surface area (Å²) in [6.45, 7) is 0. The second-order valence-electron chi connectivity index (χ2n) is 7.29. The molecule has 0 aliphatic carbocycles. The number of hydrogen-bond donors (Lipinski definition) is 5. The molecule has 0 fully saturated rings. The number of benzene rings is 1. The maximum absolute atomic E-state index is 13.4. The highest BCUT2D eigenvalue weighted by Gasteiger charge is 2.79. The Labute approximate surface area is 195 Å². The zero-order chi connectivity index (χ0) is 31.1. The summed E-state index contributed by atoms with van der Waals surface area (Å²) in [7, 11) is 0. The Hall–Kier alpha value is -2.56. The summed E-state index contributed by atoms with van der Waals surface area (Å²) in [6.07, 6.45) is -44.8. The average molecular weight is 606 g/mol. The maximum Gasteiger partial charge on any atom is 0.430 e. The summed E-state index contributed by atoms with van der Waals surface area (Å²) in [4.78, 5) is 0. The molecule has 1 aromatic carbocycles. The topological polar surface area (TPSA) is 113 Å². The number of rotatable bonds is 3. The number of alkyl halides is 18. The van der Waals surface area contributed by atoms with Gasteiger partial charge in [-0.15, -0.1) is 0 Å². The van der Waals surface area contributed by atoms with Crippen LogP contribution in [-0.2, 0) is 16.8 Å². The first-order chi connectivity index (χ1) is 16.2. The quantitative estimate of drug-likeness (QED) is 0.251. The van der Waals surface area contributed by atoms with E-state index < -0.39 is 88.0 Å². The lowest BCUT2D eigenvalue weighted by atomic mass is 9.75. The predicted octanol–water partition coefficient (Wildman–Crippen LogP) is 4.79. The number of anilines is 2. The second kappa shape index (κ2) is 8.47. The van der Waals surface area contributed by atoms with Crippen molar-refractivity contribution in [2.75, 3.05) is 11.5 Å². The normalized spacial score (nSPS) is 15.7. The minimum atomic E-state index is -7.63. The first-order valence-electron chi connectivity index (χ1n) is 8.48. The van der Waals surface area contributed by atoms with Crippen molar-refractivity contribution in [2.24, 2.45) is 0 Å². The smallest absolute Gasteiger partial charge is 0.398 e. The minimum absolute atomic E-state index is 1.43. The Balaban J connectivity index is 4.88. The SMILES string of the molecule is Nc1cc(C(O)(C(F)(F)F)C(F)(F)F)c(N)c(C(O)(C(F)(F)F)C(F)(F)F)c1C(O)(C(F)(F)F)C(F)(F)F. The van der Waals surface area contributed by atoms with E-state index in [9.17, 15) is 94.3 Å². The fourth-order valence-electron chi connectivity index (χ4n) is 3.14. The monoisotopic (exact) mass is 606 g/mol. The van der Waals surface area contributed by atoms with E-state index in [4.69, 9.17) is 0 Å². The summed E-state index contributed by atoms with van der Waals surface area (Å²) in [5.41, 5.74) is -30.5. The van der Waals surface area contributed by atoms with E-state index in [1.165, 1.54) is 0 Å². The molecule has 7 N–H and O–H groups in total. The van der Waals surface area contributed by atoms with Crippen molar-refractivity contribution >= 4 is 11.4 Å². The molecule has 0 saturated heterocycles. The molecule has 0 radical (unpaired) electrons. The van der Waals surface area contributed by atoms with Gasteiger partial charge in [0.05, 0.1) is 0 Å². The molecular weight excluding hydrogens is 598 g/mol. The molecule has 0 unspecified atom stereocenters. The molecule has 1 aromatic rings.